The molecule has 15 nitrogen and oxygen atoms in total. The molecule has 0 saturated heterocycles. The summed E-state index contributed by atoms with van der Waals surface area (Å²) in [5.74, 6) is -4.94. The van der Waals surface area contributed by atoms with Gasteiger partial charge in [0, 0.05) is 19.5 Å². The number of carbonyl (C=O) groups is 6. The van der Waals surface area contributed by atoms with Crippen molar-refractivity contribution in [2.75, 3.05) is 13.1 Å². The fourth-order valence-electron chi connectivity index (χ4n) is 6.63. The Kier molecular flexibility index (Phi) is 16.5. The summed E-state index contributed by atoms with van der Waals surface area (Å²) in [7, 11) is 0. The lowest BCUT2D eigenvalue weighted by Gasteiger charge is -2.32. The summed E-state index contributed by atoms with van der Waals surface area (Å²) in [6.45, 7) is -0.0513. The maximum Gasteiger partial charge on any atom is 0.408 e. The Hall–Kier alpha value is -6.12. The average Bonchev–Trinajstić information content (AvgIpc) is 3.68. The number of hydrogen-bond acceptors (Lipinski definition) is 9. The first-order chi connectivity index (χ1) is 26.9. The fourth-order valence-corrected chi connectivity index (χ4v) is 6.63. The van der Waals surface area contributed by atoms with Crippen LogP contribution in [0.5, 0.6) is 5.75 Å². The summed E-state index contributed by atoms with van der Waals surface area (Å²) >= 11 is 0. The molecule has 7 N–H and O–H groups in total. The number of carboxylic acids is 2. The van der Waals surface area contributed by atoms with E-state index in [1.54, 1.807) is 36.4 Å². The van der Waals surface area contributed by atoms with Crippen LogP contribution >= 0.6 is 0 Å². The number of amides is 4. The zero-order chi connectivity index (χ0) is 40.3. The summed E-state index contributed by atoms with van der Waals surface area (Å²) in [6, 6.07) is 21.7. The molecule has 1 aliphatic carbocycles. The second kappa shape index (κ2) is 21.7. The van der Waals surface area contributed by atoms with Crippen LogP contribution in [0.15, 0.2) is 84.9 Å². The van der Waals surface area contributed by atoms with Gasteiger partial charge < -0.3 is 46.1 Å². The average molecular weight is 775 g/mol. The number of ether oxygens (including phenoxy) is 2. The minimum Gasteiger partial charge on any atom is -0.508 e. The normalized spacial score (nSPS) is 14.6. The van der Waals surface area contributed by atoms with Crippen molar-refractivity contribution < 1.29 is 53.6 Å². The van der Waals surface area contributed by atoms with Crippen LogP contribution in [-0.4, -0.2) is 76.4 Å². The van der Waals surface area contributed by atoms with Gasteiger partial charge in [0.2, 0.25) is 11.8 Å². The number of phenolic OH excluding ortho intramolecular Hbond substituents is 1. The van der Waals surface area contributed by atoms with E-state index in [2.05, 4.69) is 21.3 Å². The van der Waals surface area contributed by atoms with Crippen LogP contribution in [0.4, 0.5) is 9.59 Å². The zero-order valence-electron chi connectivity index (χ0n) is 31.1. The number of unbranched alkanes of at least 4 members (excludes halogenated alkanes) is 1. The van der Waals surface area contributed by atoms with E-state index in [1.165, 1.54) is 12.1 Å². The maximum absolute atomic E-state index is 13.7. The van der Waals surface area contributed by atoms with Crippen LogP contribution in [0.3, 0.4) is 0 Å². The van der Waals surface area contributed by atoms with Crippen molar-refractivity contribution in [1.82, 2.24) is 21.3 Å². The molecule has 4 amide bonds. The Morgan fingerprint density at radius 2 is 1.25 bits per heavy atom. The molecule has 1 aliphatic rings. The highest BCUT2D eigenvalue weighted by Gasteiger charge is 2.45. The largest absolute Gasteiger partial charge is 0.508 e. The van der Waals surface area contributed by atoms with Crippen molar-refractivity contribution in [3.8, 4) is 5.75 Å². The molecule has 3 aromatic carbocycles. The zero-order valence-corrected chi connectivity index (χ0v) is 31.1. The number of nitrogens with one attached hydrogen (secondary N) is 4. The number of benzene rings is 3. The molecule has 0 spiro atoms. The molecule has 4 rings (SSSR count). The van der Waals surface area contributed by atoms with Gasteiger partial charge >= 0.3 is 24.1 Å². The van der Waals surface area contributed by atoms with E-state index in [0.29, 0.717) is 44.1 Å². The smallest absolute Gasteiger partial charge is 0.408 e. The Bertz CT molecular complexity index is 1750. The molecule has 1 fully saturated rings. The van der Waals surface area contributed by atoms with Gasteiger partial charge in [0.15, 0.2) is 0 Å². The first-order valence-corrected chi connectivity index (χ1v) is 18.7. The molecule has 56 heavy (non-hydrogen) atoms. The standard InChI is InChI=1S/C41H50N4O11/c46-32-18-16-28(17-19-32)23-34(37(50)51)44-38(52)41(20-8-9-21-41)24-31(36(48)49)25-43-35(47)33(45-40(54)56-27-30-13-5-2-6-14-30)15-7-10-22-42-39(53)55-26-29-11-3-1-4-12-29/h1-6,11-14,16-19,31,33-34,46H,7-10,15,20-27H2,(H,42,53)(H,43,47)(H,44,52)(H,45,54)(H,48,49)(H,50,51)/t31?,33-,34-/m0/s1. The number of rotatable bonds is 21. The molecule has 0 aromatic heterocycles. The Morgan fingerprint density at radius 3 is 1.82 bits per heavy atom. The molecule has 0 bridgehead atoms. The minimum atomic E-state index is -1.30. The van der Waals surface area contributed by atoms with Crippen molar-refractivity contribution in [3.05, 3.63) is 102 Å². The van der Waals surface area contributed by atoms with Gasteiger partial charge in [-0.15, -0.1) is 0 Å². The molecule has 1 saturated carbocycles. The Labute approximate surface area is 325 Å². The number of hydrogen-bond donors (Lipinski definition) is 7. The number of aromatic hydroxyl groups is 1. The highest BCUT2D eigenvalue weighted by atomic mass is 16.6. The second-order valence-electron chi connectivity index (χ2n) is 13.9. The number of carbonyl (C=O) groups excluding carboxylic acids is 4. The number of alkyl carbamates (subject to hydrolysis) is 2. The van der Waals surface area contributed by atoms with Crippen LogP contribution < -0.4 is 21.3 Å². The SMILES string of the molecule is O=C(NCCCC[C@H](NC(=O)OCc1ccccc1)C(=O)NCC(CC1(C(=O)N[C@@H](Cc2ccc(O)cc2)C(=O)O)CCCC1)C(=O)O)OCc1ccccc1. The highest BCUT2D eigenvalue weighted by Crippen LogP contribution is 2.43. The van der Waals surface area contributed by atoms with Crippen LogP contribution in [0, 0.1) is 11.3 Å². The lowest BCUT2D eigenvalue weighted by atomic mass is 9.76. The molecule has 15 heteroatoms. The van der Waals surface area contributed by atoms with Crippen LogP contribution in [0.2, 0.25) is 0 Å². The summed E-state index contributed by atoms with van der Waals surface area (Å²) in [5, 5.41) is 40.1. The van der Waals surface area contributed by atoms with E-state index >= 15 is 0 Å². The van der Waals surface area contributed by atoms with E-state index < -0.39 is 59.4 Å². The van der Waals surface area contributed by atoms with E-state index in [0.717, 1.165) is 11.1 Å². The van der Waals surface area contributed by atoms with Crippen LogP contribution in [-0.2, 0) is 48.3 Å². The number of phenols is 1. The molecule has 3 atom stereocenters. The Morgan fingerprint density at radius 1 is 0.661 bits per heavy atom. The first kappa shape index (κ1) is 42.6. The number of carboxylic acid groups (broad SMARTS) is 2. The van der Waals surface area contributed by atoms with Gasteiger partial charge in [-0.3, -0.25) is 14.4 Å². The third-order valence-corrected chi connectivity index (χ3v) is 9.75. The maximum atomic E-state index is 13.7. The second-order valence-corrected chi connectivity index (χ2v) is 13.9. The molecular formula is C41H50N4O11. The summed E-state index contributed by atoms with van der Waals surface area (Å²) in [6.07, 6.45) is 1.26. The molecule has 0 heterocycles. The van der Waals surface area contributed by atoms with E-state index in [9.17, 15) is 44.1 Å². The number of aliphatic carboxylic acids is 2. The molecule has 300 valence electrons. The first-order valence-electron chi connectivity index (χ1n) is 18.7. The molecular weight excluding hydrogens is 724 g/mol. The van der Waals surface area contributed by atoms with Crippen molar-refractivity contribution >= 4 is 35.9 Å². The van der Waals surface area contributed by atoms with Crippen LogP contribution in [0.25, 0.3) is 0 Å². The lowest BCUT2D eigenvalue weighted by molar-refractivity contribution is -0.147. The van der Waals surface area contributed by atoms with Crippen molar-refractivity contribution in [1.29, 1.82) is 0 Å². The van der Waals surface area contributed by atoms with E-state index in [4.69, 9.17) is 9.47 Å². The fraction of sp³-hybridized carbons (Fsp3) is 0.415. The van der Waals surface area contributed by atoms with E-state index in [1.807, 2.05) is 36.4 Å². The van der Waals surface area contributed by atoms with Crippen LogP contribution in [0.1, 0.15) is 68.1 Å². The van der Waals surface area contributed by atoms with Crippen molar-refractivity contribution in [3.63, 3.8) is 0 Å². The van der Waals surface area contributed by atoms with Gasteiger partial charge in [-0.25, -0.2) is 14.4 Å². The van der Waals surface area contributed by atoms with Gasteiger partial charge in [-0.05, 0) is 67.3 Å². The van der Waals surface area contributed by atoms with Gasteiger partial charge in [0.05, 0.1) is 11.3 Å². The van der Waals surface area contributed by atoms with E-state index in [-0.39, 0.29) is 51.3 Å². The highest BCUT2D eigenvalue weighted by molar-refractivity contribution is 5.89. The minimum absolute atomic E-state index is 0.0118. The molecule has 3 aromatic rings. The third kappa shape index (κ3) is 13.9. The molecule has 1 unspecified atom stereocenters. The predicted molar refractivity (Wildman–Crippen MR) is 203 cm³/mol. The van der Waals surface area contributed by atoms with Gasteiger partial charge in [-0.1, -0.05) is 85.6 Å². The summed E-state index contributed by atoms with van der Waals surface area (Å²) in [5.41, 5.74) is 0.970. The lowest BCUT2D eigenvalue weighted by Crippen LogP contribution is -2.51. The van der Waals surface area contributed by atoms with Gasteiger partial charge in [-0.2, -0.15) is 0 Å². The molecule has 0 aliphatic heterocycles. The topological polar surface area (TPSA) is 230 Å². The van der Waals surface area contributed by atoms with Crippen molar-refractivity contribution in [2.45, 2.75) is 83.1 Å². The predicted octanol–water partition coefficient (Wildman–Crippen LogP) is 4.66. The van der Waals surface area contributed by atoms with Gasteiger partial charge in [0.25, 0.3) is 0 Å². The summed E-state index contributed by atoms with van der Waals surface area (Å²) < 4.78 is 10.5. The van der Waals surface area contributed by atoms with Gasteiger partial charge in [0.1, 0.15) is 31.0 Å². The van der Waals surface area contributed by atoms with Crippen molar-refractivity contribution in [2.24, 2.45) is 11.3 Å². The monoisotopic (exact) mass is 774 g/mol. The third-order valence-electron chi connectivity index (χ3n) is 9.75. The Balaban J connectivity index is 1.35. The summed E-state index contributed by atoms with van der Waals surface area (Å²) in [4.78, 5) is 76.8. The molecule has 0 radical (unpaired) electrons. The quantitative estimate of drug-likeness (QED) is 0.0736.